The lowest BCUT2D eigenvalue weighted by molar-refractivity contribution is 0.354. The van der Waals surface area contributed by atoms with E-state index in [1.165, 1.54) is 32.4 Å². The lowest BCUT2D eigenvalue weighted by Crippen LogP contribution is -1.96. The first-order valence-corrected chi connectivity index (χ1v) is 4.89. The Hall–Kier alpha value is -2.24. The largest absolute Gasteiger partial charge is 0.493 e. The Morgan fingerprint density at radius 3 is 2.59 bits per heavy atom. The molecule has 90 valence electrons. The summed E-state index contributed by atoms with van der Waals surface area (Å²) in [6.45, 7) is 0. The van der Waals surface area contributed by atoms with Gasteiger partial charge in [0.05, 0.1) is 25.5 Å². The van der Waals surface area contributed by atoms with Gasteiger partial charge in [-0.3, -0.25) is 5.10 Å². The molecule has 17 heavy (non-hydrogen) atoms. The normalized spacial score (nSPS) is 10.3. The number of nitrogen functional groups attached to an aromatic ring is 1. The quantitative estimate of drug-likeness (QED) is 0.853. The molecule has 0 bridgehead atoms. The molecule has 1 heterocycles. The molecule has 0 spiro atoms. The van der Waals surface area contributed by atoms with Crippen LogP contribution in [0.15, 0.2) is 18.2 Å². The molecular weight excluding hydrogens is 225 g/mol. The van der Waals surface area contributed by atoms with Crippen molar-refractivity contribution in [3.8, 4) is 22.8 Å². The van der Waals surface area contributed by atoms with Crippen LogP contribution in [0.1, 0.15) is 0 Å². The third-order valence-electron chi connectivity index (χ3n) is 2.36. The molecule has 0 aliphatic carbocycles. The second-order valence-electron chi connectivity index (χ2n) is 3.36. The minimum absolute atomic E-state index is 0.246. The Morgan fingerprint density at radius 2 is 2.06 bits per heavy atom. The van der Waals surface area contributed by atoms with Gasteiger partial charge in [0.1, 0.15) is 11.6 Å². The highest BCUT2D eigenvalue weighted by Crippen LogP contribution is 2.39. The number of nitrogens with two attached hydrogens (primary N) is 1. The fourth-order valence-corrected chi connectivity index (χ4v) is 1.62. The molecule has 1 aromatic carbocycles. The van der Waals surface area contributed by atoms with Gasteiger partial charge < -0.3 is 15.2 Å². The van der Waals surface area contributed by atoms with Crippen molar-refractivity contribution in [1.29, 1.82) is 0 Å². The minimum Gasteiger partial charge on any atom is -0.493 e. The van der Waals surface area contributed by atoms with Gasteiger partial charge in [0.15, 0.2) is 11.5 Å². The third kappa shape index (κ3) is 1.89. The van der Waals surface area contributed by atoms with Gasteiger partial charge in [0, 0.05) is 6.07 Å². The van der Waals surface area contributed by atoms with Crippen molar-refractivity contribution >= 4 is 5.82 Å². The molecule has 0 atom stereocenters. The average Bonchev–Trinajstić information content (AvgIpc) is 2.74. The number of aromatic nitrogens is 2. The number of nitrogens with one attached hydrogen (secondary N) is 1. The average molecular weight is 237 g/mol. The first-order valence-electron chi connectivity index (χ1n) is 4.89. The van der Waals surface area contributed by atoms with E-state index < -0.39 is 5.82 Å². The highest BCUT2D eigenvalue weighted by molar-refractivity contribution is 5.73. The second kappa shape index (κ2) is 4.32. The van der Waals surface area contributed by atoms with E-state index in [9.17, 15) is 4.39 Å². The summed E-state index contributed by atoms with van der Waals surface area (Å²) >= 11 is 0. The first-order chi connectivity index (χ1) is 8.17. The van der Waals surface area contributed by atoms with Crippen LogP contribution in [0.4, 0.5) is 10.2 Å². The van der Waals surface area contributed by atoms with Crippen molar-refractivity contribution in [3.63, 3.8) is 0 Å². The van der Waals surface area contributed by atoms with Gasteiger partial charge in [-0.2, -0.15) is 5.10 Å². The number of hydrogen-bond acceptors (Lipinski definition) is 4. The zero-order valence-electron chi connectivity index (χ0n) is 9.45. The van der Waals surface area contributed by atoms with Crippen molar-refractivity contribution in [1.82, 2.24) is 10.2 Å². The summed E-state index contributed by atoms with van der Waals surface area (Å²) < 4.78 is 24.1. The van der Waals surface area contributed by atoms with Crippen LogP contribution < -0.4 is 15.2 Å². The Labute approximate surface area is 97.3 Å². The topological polar surface area (TPSA) is 73.2 Å². The van der Waals surface area contributed by atoms with Crippen LogP contribution in [0.3, 0.4) is 0 Å². The van der Waals surface area contributed by atoms with Crippen LogP contribution in [-0.4, -0.2) is 24.4 Å². The minimum atomic E-state index is -0.439. The fourth-order valence-electron chi connectivity index (χ4n) is 1.62. The lowest BCUT2D eigenvalue weighted by atomic mass is 10.1. The van der Waals surface area contributed by atoms with E-state index in [1.807, 2.05) is 0 Å². The number of methoxy groups -OCH3 is 2. The molecule has 5 nitrogen and oxygen atoms in total. The molecule has 0 aliphatic rings. The van der Waals surface area contributed by atoms with Gasteiger partial charge in [-0.05, 0) is 12.1 Å². The maximum atomic E-state index is 13.8. The summed E-state index contributed by atoms with van der Waals surface area (Å²) in [7, 11) is 2.93. The molecule has 0 radical (unpaired) electrons. The Bertz CT molecular complexity index is 540. The van der Waals surface area contributed by atoms with E-state index in [-0.39, 0.29) is 11.4 Å². The van der Waals surface area contributed by atoms with Gasteiger partial charge in [-0.1, -0.05) is 0 Å². The van der Waals surface area contributed by atoms with Crippen molar-refractivity contribution in [2.75, 3.05) is 20.0 Å². The van der Waals surface area contributed by atoms with E-state index in [0.29, 0.717) is 17.2 Å². The summed E-state index contributed by atoms with van der Waals surface area (Å²) in [4.78, 5) is 0. The first kappa shape index (κ1) is 11.3. The number of nitrogens with zero attached hydrogens (tertiary/aromatic N) is 1. The van der Waals surface area contributed by atoms with Crippen molar-refractivity contribution in [2.24, 2.45) is 0 Å². The number of benzene rings is 1. The maximum absolute atomic E-state index is 13.8. The summed E-state index contributed by atoms with van der Waals surface area (Å²) in [5.41, 5.74) is 6.18. The summed E-state index contributed by atoms with van der Waals surface area (Å²) in [6, 6.07) is 4.32. The number of halogens is 1. The number of anilines is 1. The third-order valence-corrected chi connectivity index (χ3v) is 2.36. The number of H-pyrrole nitrogens is 1. The zero-order valence-corrected chi connectivity index (χ0v) is 9.45. The van der Waals surface area contributed by atoms with Gasteiger partial charge in [-0.25, -0.2) is 4.39 Å². The lowest BCUT2D eigenvalue weighted by Gasteiger charge is -2.12. The number of ether oxygens (including phenoxy) is 2. The fraction of sp³-hybridized carbons (Fsp3) is 0.182. The Kier molecular flexibility index (Phi) is 2.86. The van der Waals surface area contributed by atoms with Gasteiger partial charge in [0.25, 0.3) is 0 Å². The number of aromatic amines is 1. The summed E-state index contributed by atoms with van der Waals surface area (Å²) in [5.74, 6) is 0.587. The van der Waals surface area contributed by atoms with E-state index in [0.717, 1.165) is 0 Å². The monoisotopic (exact) mass is 237 g/mol. The molecule has 0 fully saturated rings. The van der Waals surface area contributed by atoms with Crippen molar-refractivity contribution in [3.05, 3.63) is 24.0 Å². The standard InChI is InChI=1S/C11H12FN3O2/c1-16-8-4-3-6(12)10(11(8)17-2)7-5-9(13)15-14-7/h3-5H,1-2H3,(H3,13,14,15). The number of hydrogen-bond donors (Lipinski definition) is 2. The van der Waals surface area contributed by atoms with E-state index in [2.05, 4.69) is 10.2 Å². The molecule has 3 N–H and O–H groups in total. The van der Waals surface area contributed by atoms with E-state index in [4.69, 9.17) is 15.2 Å². The van der Waals surface area contributed by atoms with Crippen molar-refractivity contribution in [2.45, 2.75) is 0 Å². The molecule has 6 heteroatoms. The molecule has 0 aliphatic heterocycles. The second-order valence-corrected chi connectivity index (χ2v) is 3.36. The molecule has 2 rings (SSSR count). The van der Waals surface area contributed by atoms with Crippen LogP contribution in [0.5, 0.6) is 11.5 Å². The van der Waals surface area contributed by atoms with Gasteiger partial charge in [0.2, 0.25) is 0 Å². The van der Waals surface area contributed by atoms with E-state index in [1.54, 1.807) is 0 Å². The maximum Gasteiger partial charge on any atom is 0.173 e. The molecule has 0 amide bonds. The smallest absolute Gasteiger partial charge is 0.173 e. The summed E-state index contributed by atoms with van der Waals surface area (Å²) in [5, 5.41) is 6.39. The molecule has 0 unspecified atom stereocenters. The van der Waals surface area contributed by atoms with Crippen LogP contribution in [-0.2, 0) is 0 Å². The van der Waals surface area contributed by atoms with E-state index >= 15 is 0 Å². The van der Waals surface area contributed by atoms with Crippen LogP contribution in [0, 0.1) is 5.82 Å². The van der Waals surface area contributed by atoms with Crippen LogP contribution in [0.25, 0.3) is 11.3 Å². The Morgan fingerprint density at radius 1 is 1.29 bits per heavy atom. The molecule has 1 aromatic heterocycles. The molecule has 0 saturated carbocycles. The summed E-state index contributed by atoms with van der Waals surface area (Å²) in [6.07, 6.45) is 0. The highest BCUT2D eigenvalue weighted by Gasteiger charge is 2.18. The van der Waals surface area contributed by atoms with Crippen LogP contribution >= 0.6 is 0 Å². The number of rotatable bonds is 3. The van der Waals surface area contributed by atoms with Gasteiger partial charge in [-0.15, -0.1) is 0 Å². The highest BCUT2D eigenvalue weighted by atomic mass is 19.1. The predicted octanol–water partition coefficient (Wildman–Crippen LogP) is 1.82. The molecular formula is C11H12FN3O2. The van der Waals surface area contributed by atoms with Crippen LogP contribution in [0.2, 0.25) is 0 Å². The van der Waals surface area contributed by atoms with Crippen molar-refractivity contribution < 1.29 is 13.9 Å². The van der Waals surface area contributed by atoms with Gasteiger partial charge >= 0.3 is 0 Å². The molecule has 2 aromatic rings. The SMILES string of the molecule is COc1ccc(F)c(-c2cc(N)n[nH]2)c1OC. The molecule has 0 saturated heterocycles. The predicted molar refractivity (Wildman–Crippen MR) is 61.5 cm³/mol. The zero-order chi connectivity index (χ0) is 12.4. The Balaban J connectivity index is 2.66.